The average molecular weight is 423 g/mol. The predicted octanol–water partition coefficient (Wildman–Crippen LogP) is 7.92. The molecule has 0 bridgehead atoms. The molecule has 0 fully saturated rings. The normalized spacial score (nSPS) is 12.1. The molecule has 0 aliphatic carbocycles. The van der Waals surface area contributed by atoms with Crippen LogP contribution < -0.4 is 4.74 Å². The second-order valence-electron chi connectivity index (χ2n) is 8.07. The number of rotatable bonds is 8. The molecule has 0 radical (unpaired) electrons. The summed E-state index contributed by atoms with van der Waals surface area (Å²) in [5, 5.41) is 0. The Hall–Kier alpha value is -3.65. The van der Waals surface area contributed by atoms with Crippen molar-refractivity contribution in [2.45, 2.75) is 25.9 Å². The van der Waals surface area contributed by atoms with E-state index in [1.165, 1.54) is 28.8 Å². The average Bonchev–Trinajstić information content (AvgIpc) is 2.84. The first-order chi connectivity index (χ1) is 15.7. The van der Waals surface area contributed by atoms with Crippen LogP contribution in [-0.4, -0.2) is 0 Å². The summed E-state index contributed by atoms with van der Waals surface area (Å²) in [6, 6.07) is 33.8. The van der Waals surface area contributed by atoms with Crippen molar-refractivity contribution in [1.29, 1.82) is 0 Å². The van der Waals surface area contributed by atoms with Crippen LogP contribution in [0.25, 0.3) is 12.2 Å². The second-order valence-corrected chi connectivity index (χ2v) is 8.07. The quantitative estimate of drug-likeness (QED) is 0.262. The molecule has 0 aliphatic rings. The summed E-state index contributed by atoms with van der Waals surface area (Å²) in [6.45, 7) is 2.73. The van der Waals surface area contributed by atoms with E-state index in [0.717, 1.165) is 17.5 Å². The molecule has 0 unspecified atom stereocenters. The maximum Gasteiger partial charge on any atom is 0.123 e. The van der Waals surface area contributed by atoms with Crippen molar-refractivity contribution in [1.82, 2.24) is 0 Å². The first-order valence-electron chi connectivity index (χ1n) is 10.9. The molecule has 4 rings (SSSR count). The minimum Gasteiger partial charge on any atom is -0.489 e. The van der Waals surface area contributed by atoms with Crippen molar-refractivity contribution in [3.8, 4) is 5.75 Å². The summed E-state index contributed by atoms with van der Waals surface area (Å²) in [5.41, 5.74) is 6.12. The Morgan fingerprint density at radius 1 is 0.688 bits per heavy atom. The molecule has 0 N–H and O–H groups in total. The minimum atomic E-state index is -0.259. The lowest BCUT2D eigenvalue weighted by atomic mass is 9.93. The van der Waals surface area contributed by atoms with Gasteiger partial charge in [0, 0.05) is 0 Å². The first-order valence-corrected chi connectivity index (χ1v) is 10.9. The van der Waals surface area contributed by atoms with Gasteiger partial charge in [0.1, 0.15) is 18.2 Å². The number of hydrogen-bond donors (Lipinski definition) is 0. The molecule has 4 aromatic carbocycles. The fourth-order valence-corrected chi connectivity index (χ4v) is 3.63. The van der Waals surface area contributed by atoms with Crippen molar-refractivity contribution >= 4 is 12.2 Å². The van der Waals surface area contributed by atoms with Crippen molar-refractivity contribution in [2.75, 3.05) is 0 Å². The molecule has 0 amide bonds. The van der Waals surface area contributed by atoms with Gasteiger partial charge in [-0.3, -0.25) is 0 Å². The first kappa shape index (κ1) is 21.6. The van der Waals surface area contributed by atoms with Gasteiger partial charge in [0.15, 0.2) is 0 Å². The van der Waals surface area contributed by atoms with Gasteiger partial charge in [-0.2, -0.15) is 0 Å². The molecular weight excluding hydrogens is 395 g/mol. The Kier molecular flexibility index (Phi) is 7.14. The summed E-state index contributed by atoms with van der Waals surface area (Å²) >= 11 is 0. The highest BCUT2D eigenvalue weighted by Crippen LogP contribution is 2.21. The van der Waals surface area contributed by atoms with Gasteiger partial charge in [-0.25, -0.2) is 4.39 Å². The summed E-state index contributed by atoms with van der Waals surface area (Å²) in [6.07, 6.45) is 5.29. The highest BCUT2D eigenvalue weighted by atomic mass is 19.1. The fourth-order valence-electron chi connectivity index (χ4n) is 3.63. The molecule has 0 aliphatic heterocycles. The van der Waals surface area contributed by atoms with Crippen molar-refractivity contribution in [3.05, 3.63) is 137 Å². The van der Waals surface area contributed by atoms with Gasteiger partial charge in [0.05, 0.1) is 0 Å². The molecule has 1 atom stereocenters. The SMILES string of the molecule is C[C@H](Cc1ccc(C=Cc2ccc(COc3ccc(F)cc3)cc2)cc1)c1ccccc1. The van der Waals surface area contributed by atoms with E-state index in [2.05, 4.69) is 97.9 Å². The van der Waals surface area contributed by atoms with E-state index < -0.39 is 0 Å². The van der Waals surface area contributed by atoms with Crippen LogP contribution in [0, 0.1) is 5.82 Å². The zero-order chi connectivity index (χ0) is 22.2. The summed E-state index contributed by atoms with van der Waals surface area (Å²) < 4.78 is 18.7. The zero-order valence-electron chi connectivity index (χ0n) is 18.2. The number of halogens is 1. The van der Waals surface area contributed by atoms with Crippen LogP contribution in [-0.2, 0) is 13.0 Å². The van der Waals surface area contributed by atoms with E-state index in [1.807, 2.05) is 0 Å². The Morgan fingerprint density at radius 2 is 1.25 bits per heavy atom. The largest absolute Gasteiger partial charge is 0.489 e. The molecule has 0 spiro atoms. The van der Waals surface area contributed by atoms with E-state index in [4.69, 9.17) is 4.74 Å². The van der Waals surface area contributed by atoms with Gasteiger partial charge in [0.25, 0.3) is 0 Å². The van der Waals surface area contributed by atoms with Crippen molar-refractivity contribution < 1.29 is 9.13 Å². The van der Waals surface area contributed by atoms with E-state index in [9.17, 15) is 4.39 Å². The maximum absolute atomic E-state index is 13.0. The van der Waals surface area contributed by atoms with Gasteiger partial charge >= 0.3 is 0 Å². The van der Waals surface area contributed by atoms with Crippen LogP contribution in [0.3, 0.4) is 0 Å². The van der Waals surface area contributed by atoms with E-state index in [1.54, 1.807) is 12.1 Å². The minimum absolute atomic E-state index is 0.259. The molecule has 0 aromatic heterocycles. The molecule has 1 nitrogen and oxygen atoms in total. The summed E-state index contributed by atoms with van der Waals surface area (Å²) in [5.74, 6) is 0.907. The fraction of sp³-hybridized carbons (Fsp3) is 0.133. The lowest BCUT2D eigenvalue weighted by molar-refractivity contribution is 0.306. The standard InChI is InChI=1S/C30H27FO/c1-23(28-5-3-2-4-6-28)21-26-13-9-24(10-14-26)7-8-25-11-15-27(16-12-25)22-32-30-19-17-29(31)18-20-30/h2-20,23H,21-22H2,1H3/t23-/m1/s1. The Morgan fingerprint density at radius 3 is 1.84 bits per heavy atom. The number of hydrogen-bond acceptors (Lipinski definition) is 1. The summed E-state index contributed by atoms with van der Waals surface area (Å²) in [7, 11) is 0. The smallest absolute Gasteiger partial charge is 0.123 e. The van der Waals surface area contributed by atoms with Crippen LogP contribution in [0.5, 0.6) is 5.75 Å². The van der Waals surface area contributed by atoms with Crippen LogP contribution in [0.1, 0.15) is 40.7 Å². The lowest BCUT2D eigenvalue weighted by Gasteiger charge is -2.12. The Bertz CT molecular complexity index is 1130. The predicted molar refractivity (Wildman–Crippen MR) is 131 cm³/mol. The van der Waals surface area contributed by atoms with Crippen LogP contribution in [0.2, 0.25) is 0 Å². The summed E-state index contributed by atoms with van der Waals surface area (Å²) in [4.78, 5) is 0. The van der Waals surface area contributed by atoms with Crippen LogP contribution in [0.4, 0.5) is 4.39 Å². The Labute approximate surface area is 189 Å². The highest BCUT2D eigenvalue weighted by molar-refractivity contribution is 5.69. The van der Waals surface area contributed by atoms with E-state index in [0.29, 0.717) is 18.3 Å². The third-order valence-electron chi connectivity index (χ3n) is 5.56. The molecular formula is C30H27FO. The molecule has 32 heavy (non-hydrogen) atoms. The molecule has 0 saturated carbocycles. The Balaban J connectivity index is 1.30. The molecule has 0 heterocycles. The van der Waals surface area contributed by atoms with Crippen LogP contribution in [0.15, 0.2) is 103 Å². The number of benzene rings is 4. The van der Waals surface area contributed by atoms with Crippen molar-refractivity contribution in [3.63, 3.8) is 0 Å². The third-order valence-corrected chi connectivity index (χ3v) is 5.56. The molecule has 2 heteroatoms. The van der Waals surface area contributed by atoms with Gasteiger partial charge in [-0.15, -0.1) is 0 Å². The van der Waals surface area contributed by atoms with E-state index in [-0.39, 0.29) is 5.82 Å². The molecule has 0 saturated heterocycles. The zero-order valence-corrected chi connectivity index (χ0v) is 18.2. The monoisotopic (exact) mass is 422 g/mol. The topological polar surface area (TPSA) is 9.23 Å². The van der Waals surface area contributed by atoms with Gasteiger partial charge in [-0.05, 0) is 64.4 Å². The lowest BCUT2D eigenvalue weighted by Crippen LogP contribution is -1.98. The van der Waals surface area contributed by atoms with Gasteiger partial charge in [0.2, 0.25) is 0 Å². The second kappa shape index (κ2) is 10.6. The van der Waals surface area contributed by atoms with Gasteiger partial charge < -0.3 is 4.74 Å². The molecule has 4 aromatic rings. The van der Waals surface area contributed by atoms with Crippen LogP contribution >= 0.6 is 0 Å². The maximum atomic E-state index is 13.0. The molecule has 160 valence electrons. The highest BCUT2D eigenvalue weighted by Gasteiger charge is 2.06. The van der Waals surface area contributed by atoms with Gasteiger partial charge in [-0.1, -0.05) is 97.9 Å². The van der Waals surface area contributed by atoms with Crippen molar-refractivity contribution in [2.24, 2.45) is 0 Å². The number of ether oxygens (including phenoxy) is 1. The van der Waals surface area contributed by atoms with E-state index >= 15 is 0 Å². The third kappa shape index (κ3) is 6.18.